The topological polar surface area (TPSA) is 41.5 Å². The van der Waals surface area contributed by atoms with Crippen molar-refractivity contribution in [1.82, 2.24) is 5.43 Å². The molecule has 1 N–H and O–H groups in total. The second kappa shape index (κ2) is 8.70. The van der Waals surface area contributed by atoms with Crippen LogP contribution in [0.1, 0.15) is 19.4 Å². The van der Waals surface area contributed by atoms with Gasteiger partial charge < -0.3 is 0 Å². The van der Waals surface area contributed by atoms with Crippen LogP contribution in [0.25, 0.3) is 0 Å². The number of halogens is 2. The number of nitrogens with one attached hydrogen (secondary N) is 1. The lowest BCUT2D eigenvalue weighted by molar-refractivity contribution is -0.120. The number of hydrogen-bond donors (Lipinski definition) is 1. The number of rotatable bonds is 5. The second-order valence-corrected chi connectivity index (χ2v) is 7.99. The summed E-state index contributed by atoms with van der Waals surface area (Å²) in [4.78, 5) is 13.1. The van der Waals surface area contributed by atoms with Gasteiger partial charge in [0.1, 0.15) is 0 Å². The molecule has 0 radical (unpaired) electrons. The third-order valence-corrected chi connectivity index (χ3v) is 5.11. The van der Waals surface area contributed by atoms with Gasteiger partial charge in [-0.2, -0.15) is 5.10 Å². The minimum atomic E-state index is -0.247. The van der Waals surface area contributed by atoms with E-state index in [2.05, 4.69) is 33.1 Å². The summed E-state index contributed by atoms with van der Waals surface area (Å²) < 4.78 is 1.13. The van der Waals surface area contributed by atoms with Crippen LogP contribution >= 0.6 is 46.0 Å². The lowest BCUT2D eigenvalue weighted by Gasteiger charge is -2.10. The maximum Gasteiger partial charge on any atom is 0.253 e. The van der Waals surface area contributed by atoms with Crippen LogP contribution in [0.5, 0.6) is 0 Å². The molecule has 0 aliphatic rings. The SMILES string of the molecule is C/C(=N/NC(=O)[C@@H](C)Sc1ccc(Cl)cc1)c1cccc(I)c1. The Hall–Kier alpha value is -1.05. The fourth-order valence-electron chi connectivity index (χ4n) is 1.78. The lowest BCUT2D eigenvalue weighted by Crippen LogP contribution is -2.27. The Kier molecular flexibility index (Phi) is 6.92. The predicted octanol–water partition coefficient (Wildman–Crippen LogP) is 4.97. The molecule has 0 aliphatic heterocycles. The van der Waals surface area contributed by atoms with Gasteiger partial charge in [-0.05, 0) is 78.4 Å². The summed E-state index contributed by atoms with van der Waals surface area (Å²) in [6, 6.07) is 15.4. The molecule has 0 spiro atoms. The fourth-order valence-corrected chi connectivity index (χ4v) is 3.31. The number of nitrogens with zero attached hydrogens (tertiary/aromatic N) is 1. The fraction of sp³-hybridized carbons (Fsp3) is 0.176. The lowest BCUT2D eigenvalue weighted by atomic mass is 10.1. The molecule has 2 aromatic rings. The van der Waals surface area contributed by atoms with E-state index in [1.165, 1.54) is 11.8 Å². The van der Waals surface area contributed by atoms with Crippen molar-refractivity contribution >= 4 is 57.6 Å². The van der Waals surface area contributed by atoms with Gasteiger partial charge in [0.2, 0.25) is 0 Å². The molecule has 0 heterocycles. The van der Waals surface area contributed by atoms with Crippen LogP contribution in [0.4, 0.5) is 0 Å². The second-order valence-electron chi connectivity index (χ2n) is 4.90. The summed E-state index contributed by atoms with van der Waals surface area (Å²) in [7, 11) is 0. The van der Waals surface area contributed by atoms with Crippen molar-refractivity contribution in [3.8, 4) is 0 Å². The van der Waals surface area contributed by atoms with Gasteiger partial charge >= 0.3 is 0 Å². The Labute approximate surface area is 159 Å². The third kappa shape index (κ3) is 5.82. The molecule has 0 fully saturated rings. The summed E-state index contributed by atoms with van der Waals surface area (Å²) >= 11 is 9.58. The van der Waals surface area contributed by atoms with Gasteiger partial charge in [0, 0.05) is 13.5 Å². The first-order valence-electron chi connectivity index (χ1n) is 6.98. The minimum absolute atomic E-state index is 0.130. The van der Waals surface area contributed by atoms with Gasteiger partial charge in [-0.25, -0.2) is 5.43 Å². The van der Waals surface area contributed by atoms with E-state index in [1.54, 1.807) is 0 Å². The average molecular weight is 459 g/mol. The van der Waals surface area contributed by atoms with E-state index >= 15 is 0 Å². The highest BCUT2D eigenvalue weighted by Crippen LogP contribution is 2.24. The molecule has 0 aromatic heterocycles. The first-order chi connectivity index (χ1) is 11.0. The van der Waals surface area contributed by atoms with Gasteiger partial charge in [-0.3, -0.25) is 4.79 Å². The molecule has 2 rings (SSSR count). The van der Waals surface area contributed by atoms with E-state index in [-0.39, 0.29) is 11.2 Å². The molecule has 0 bridgehead atoms. The number of hydrazone groups is 1. The summed E-state index contributed by atoms with van der Waals surface area (Å²) in [5, 5.41) is 4.63. The highest BCUT2D eigenvalue weighted by atomic mass is 127. The van der Waals surface area contributed by atoms with Crippen LogP contribution in [0, 0.1) is 3.57 Å². The third-order valence-electron chi connectivity index (χ3n) is 3.07. The number of benzene rings is 2. The highest BCUT2D eigenvalue weighted by Gasteiger charge is 2.14. The first-order valence-corrected chi connectivity index (χ1v) is 9.31. The van der Waals surface area contributed by atoms with Crippen molar-refractivity contribution in [2.24, 2.45) is 5.10 Å². The summed E-state index contributed by atoms with van der Waals surface area (Å²) in [5.74, 6) is -0.130. The van der Waals surface area contributed by atoms with Crippen molar-refractivity contribution < 1.29 is 4.79 Å². The monoisotopic (exact) mass is 458 g/mol. The predicted molar refractivity (Wildman–Crippen MR) is 106 cm³/mol. The van der Waals surface area contributed by atoms with Crippen LogP contribution in [0.15, 0.2) is 58.5 Å². The molecule has 0 aliphatic carbocycles. The van der Waals surface area contributed by atoms with Crippen LogP contribution in [0.2, 0.25) is 5.02 Å². The summed E-state index contributed by atoms with van der Waals surface area (Å²) in [5.41, 5.74) is 4.41. The van der Waals surface area contributed by atoms with Gasteiger partial charge in [-0.1, -0.05) is 23.7 Å². The van der Waals surface area contributed by atoms with Crippen molar-refractivity contribution in [3.05, 3.63) is 62.7 Å². The molecule has 1 amide bonds. The first kappa shape index (κ1) is 18.3. The Bertz CT molecular complexity index is 719. The molecular weight excluding hydrogens is 443 g/mol. The zero-order valence-corrected chi connectivity index (χ0v) is 16.4. The number of carbonyl (C=O) groups excluding carboxylic acids is 1. The van der Waals surface area contributed by atoms with Crippen molar-refractivity contribution in [3.63, 3.8) is 0 Å². The Morgan fingerprint density at radius 2 is 1.96 bits per heavy atom. The highest BCUT2D eigenvalue weighted by molar-refractivity contribution is 14.1. The van der Waals surface area contributed by atoms with Crippen molar-refractivity contribution in [1.29, 1.82) is 0 Å². The minimum Gasteiger partial charge on any atom is -0.272 e. The molecule has 2 aromatic carbocycles. The van der Waals surface area contributed by atoms with Crippen LogP contribution < -0.4 is 5.43 Å². The van der Waals surface area contributed by atoms with Gasteiger partial charge in [0.15, 0.2) is 0 Å². The maximum absolute atomic E-state index is 12.2. The van der Waals surface area contributed by atoms with E-state index in [9.17, 15) is 4.79 Å². The molecule has 0 saturated heterocycles. The number of amides is 1. The van der Waals surface area contributed by atoms with E-state index in [1.807, 2.05) is 62.4 Å². The molecule has 0 unspecified atom stereocenters. The molecule has 0 saturated carbocycles. The zero-order valence-electron chi connectivity index (χ0n) is 12.7. The smallest absolute Gasteiger partial charge is 0.253 e. The molecule has 120 valence electrons. The molecular formula is C17H16ClIN2OS. The standard InChI is InChI=1S/C17H16ClIN2OS/c1-11(13-4-3-5-15(19)10-13)20-21-17(22)12(2)23-16-8-6-14(18)7-9-16/h3-10,12H,1-2H3,(H,21,22)/b20-11-/t12-/m1/s1. The van der Waals surface area contributed by atoms with E-state index < -0.39 is 0 Å². The van der Waals surface area contributed by atoms with Gasteiger partial charge in [0.25, 0.3) is 5.91 Å². The Morgan fingerprint density at radius 1 is 1.26 bits per heavy atom. The number of thioether (sulfide) groups is 1. The largest absolute Gasteiger partial charge is 0.272 e. The molecule has 6 heteroatoms. The summed E-state index contributed by atoms with van der Waals surface area (Å²) in [6.07, 6.45) is 0. The van der Waals surface area contributed by atoms with Crippen LogP contribution in [-0.4, -0.2) is 16.9 Å². The molecule has 1 atom stereocenters. The zero-order chi connectivity index (χ0) is 16.8. The van der Waals surface area contributed by atoms with Gasteiger partial charge in [-0.15, -0.1) is 11.8 Å². The average Bonchev–Trinajstić information content (AvgIpc) is 2.54. The van der Waals surface area contributed by atoms with Crippen molar-refractivity contribution in [2.75, 3.05) is 0 Å². The molecule has 3 nitrogen and oxygen atoms in total. The Balaban J connectivity index is 1.95. The van der Waals surface area contributed by atoms with Crippen LogP contribution in [-0.2, 0) is 4.79 Å². The maximum atomic E-state index is 12.2. The molecule has 23 heavy (non-hydrogen) atoms. The van der Waals surface area contributed by atoms with Gasteiger partial charge in [0.05, 0.1) is 11.0 Å². The number of hydrogen-bond acceptors (Lipinski definition) is 3. The van der Waals surface area contributed by atoms with E-state index in [0.717, 1.165) is 19.7 Å². The normalized spacial score (nSPS) is 12.8. The Morgan fingerprint density at radius 3 is 2.61 bits per heavy atom. The van der Waals surface area contributed by atoms with Crippen molar-refractivity contribution in [2.45, 2.75) is 24.0 Å². The quantitative estimate of drug-likeness (QED) is 0.298. The van der Waals surface area contributed by atoms with Crippen LogP contribution in [0.3, 0.4) is 0 Å². The number of carbonyl (C=O) groups is 1. The summed E-state index contributed by atoms with van der Waals surface area (Å²) in [6.45, 7) is 3.73. The van der Waals surface area contributed by atoms with E-state index in [0.29, 0.717) is 5.02 Å². The van der Waals surface area contributed by atoms with E-state index in [4.69, 9.17) is 11.6 Å².